The summed E-state index contributed by atoms with van der Waals surface area (Å²) < 4.78 is 26.7. The van der Waals surface area contributed by atoms with Crippen LogP contribution in [0.4, 0.5) is 5.69 Å². The van der Waals surface area contributed by atoms with Gasteiger partial charge in [0.15, 0.2) is 0 Å². The third-order valence-corrected chi connectivity index (χ3v) is 4.79. The highest BCUT2D eigenvalue weighted by Gasteiger charge is 2.38. The van der Waals surface area contributed by atoms with Crippen molar-refractivity contribution in [2.45, 2.75) is 37.5 Å². The molecule has 1 aromatic rings. The van der Waals surface area contributed by atoms with Crippen molar-refractivity contribution in [3.05, 3.63) is 23.8 Å². The Bertz CT molecular complexity index is 621. The number of sulfonamides is 1. The zero-order valence-electron chi connectivity index (χ0n) is 11.3. The van der Waals surface area contributed by atoms with Gasteiger partial charge in [0, 0.05) is 12.2 Å². The Labute approximate surface area is 113 Å². The van der Waals surface area contributed by atoms with Gasteiger partial charge in [0.1, 0.15) is 0 Å². The van der Waals surface area contributed by atoms with Gasteiger partial charge in [-0.25, -0.2) is 13.1 Å². The molecule has 2 rings (SSSR count). The molecule has 0 aliphatic carbocycles. The lowest BCUT2D eigenvalue weighted by molar-refractivity contribution is -0.119. The van der Waals surface area contributed by atoms with E-state index in [0.29, 0.717) is 12.2 Å². The highest BCUT2D eigenvalue weighted by Crippen LogP contribution is 2.38. The largest absolute Gasteiger partial charge is 0.325 e. The molecule has 1 aromatic carbocycles. The maximum Gasteiger partial charge on any atom is 0.240 e. The van der Waals surface area contributed by atoms with Crippen molar-refractivity contribution in [1.82, 2.24) is 4.72 Å². The van der Waals surface area contributed by atoms with E-state index >= 15 is 0 Å². The van der Waals surface area contributed by atoms with Crippen molar-refractivity contribution >= 4 is 21.6 Å². The maximum atomic E-state index is 12.1. The van der Waals surface area contributed by atoms with Crippen molar-refractivity contribution in [2.24, 2.45) is 0 Å². The summed E-state index contributed by atoms with van der Waals surface area (Å²) >= 11 is 0. The normalized spacial score (nSPS) is 17.1. The molecule has 0 spiro atoms. The van der Waals surface area contributed by atoms with Gasteiger partial charge in [0.2, 0.25) is 15.9 Å². The van der Waals surface area contributed by atoms with Crippen molar-refractivity contribution < 1.29 is 13.2 Å². The maximum absolute atomic E-state index is 12.1. The van der Waals surface area contributed by atoms with Crippen molar-refractivity contribution in [2.75, 3.05) is 11.9 Å². The summed E-state index contributed by atoms with van der Waals surface area (Å²) in [7, 11) is -3.50. The molecule has 0 radical (unpaired) electrons. The molecule has 104 valence electrons. The molecule has 0 unspecified atom stereocenters. The van der Waals surface area contributed by atoms with E-state index in [1.165, 1.54) is 6.07 Å². The molecule has 1 amide bonds. The van der Waals surface area contributed by atoms with Gasteiger partial charge in [0.05, 0.1) is 10.3 Å². The zero-order valence-corrected chi connectivity index (χ0v) is 12.1. The smallest absolute Gasteiger partial charge is 0.240 e. The topological polar surface area (TPSA) is 75.3 Å². The second-order valence-corrected chi connectivity index (χ2v) is 6.95. The SMILES string of the molecule is CCCNS(=O)(=O)c1ccc2c(c1)C(C)(C)C(=O)N2. The number of fused-ring (bicyclic) bond motifs is 1. The second-order valence-electron chi connectivity index (χ2n) is 5.18. The van der Waals surface area contributed by atoms with Gasteiger partial charge in [0.25, 0.3) is 0 Å². The number of hydrogen-bond donors (Lipinski definition) is 2. The van der Waals surface area contributed by atoms with E-state index in [4.69, 9.17) is 0 Å². The van der Waals surface area contributed by atoms with Crippen LogP contribution in [0.25, 0.3) is 0 Å². The molecular weight excluding hydrogens is 264 g/mol. The predicted octanol–water partition coefficient (Wildman–Crippen LogP) is 1.60. The summed E-state index contributed by atoms with van der Waals surface area (Å²) in [6, 6.07) is 4.73. The fourth-order valence-electron chi connectivity index (χ4n) is 2.04. The number of benzene rings is 1. The molecule has 0 bridgehead atoms. The summed E-state index contributed by atoms with van der Waals surface area (Å²) in [6.07, 6.45) is 0.732. The molecule has 0 atom stereocenters. The number of anilines is 1. The third kappa shape index (κ3) is 2.37. The average Bonchev–Trinajstić information content (AvgIpc) is 2.58. The van der Waals surface area contributed by atoms with Crippen LogP contribution in [-0.4, -0.2) is 20.9 Å². The number of carbonyl (C=O) groups excluding carboxylic acids is 1. The molecule has 6 heteroatoms. The second kappa shape index (κ2) is 4.61. The van der Waals surface area contributed by atoms with Gasteiger partial charge in [-0.2, -0.15) is 0 Å². The van der Waals surface area contributed by atoms with Crippen LogP contribution in [-0.2, 0) is 20.2 Å². The number of nitrogens with one attached hydrogen (secondary N) is 2. The molecule has 1 aliphatic rings. The Morgan fingerprint density at radius 1 is 1.32 bits per heavy atom. The first-order valence-electron chi connectivity index (χ1n) is 6.24. The zero-order chi connectivity index (χ0) is 14.3. The van der Waals surface area contributed by atoms with Crippen LogP contribution in [0.2, 0.25) is 0 Å². The van der Waals surface area contributed by atoms with Crippen LogP contribution in [0.1, 0.15) is 32.8 Å². The summed E-state index contributed by atoms with van der Waals surface area (Å²) in [6.45, 7) is 5.87. The molecule has 0 saturated heterocycles. The van der Waals surface area contributed by atoms with Crippen LogP contribution in [0.5, 0.6) is 0 Å². The van der Waals surface area contributed by atoms with Gasteiger partial charge < -0.3 is 5.32 Å². The quantitative estimate of drug-likeness (QED) is 0.881. The van der Waals surface area contributed by atoms with Crippen LogP contribution in [0, 0.1) is 0 Å². The Morgan fingerprint density at radius 3 is 2.63 bits per heavy atom. The number of amides is 1. The van der Waals surface area contributed by atoms with Crippen LogP contribution >= 0.6 is 0 Å². The van der Waals surface area contributed by atoms with E-state index in [0.717, 1.165) is 12.0 Å². The van der Waals surface area contributed by atoms with Gasteiger partial charge in [-0.15, -0.1) is 0 Å². The molecule has 1 heterocycles. The lowest BCUT2D eigenvalue weighted by atomic mass is 9.86. The van der Waals surface area contributed by atoms with E-state index in [1.54, 1.807) is 26.0 Å². The monoisotopic (exact) mass is 282 g/mol. The Morgan fingerprint density at radius 2 is 2.00 bits per heavy atom. The molecule has 2 N–H and O–H groups in total. The number of carbonyl (C=O) groups is 1. The minimum absolute atomic E-state index is 0.112. The highest BCUT2D eigenvalue weighted by molar-refractivity contribution is 7.89. The minimum atomic E-state index is -3.50. The fourth-order valence-corrected chi connectivity index (χ4v) is 3.20. The molecule has 1 aliphatic heterocycles. The predicted molar refractivity (Wildman–Crippen MR) is 73.6 cm³/mol. The van der Waals surface area contributed by atoms with Crippen molar-refractivity contribution in [3.8, 4) is 0 Å². The summed E-state index contributed by atoms with van der Waals surface area (Å²) in [5, 5.41) is 2.76. The van der Waals surface area contributed by atoms with Crippen LogP contribution in [0.15, 0.2) is 23.1 Å². The third-order valence-electron chi connectivity index (χ3n) is 3.33. The molecule has 5 nitrogen and oxygen atoms in total. The number of hydrogen-bond acceptors (Lipinski definition) is 3. The molecule has 19 heavy (non-hydrogen) atoms. The lowest BCUT2D eigenvalue weighted by Gasteiger charge is -2.16. The molecular formula is C13H18N2O3S. The first-order chi connectivity index (χ1) is 8.79. The van der Waals surface area contributed by atoms with Gasteiger partial charge in [-0.05, 0) is 44.0 Å². The summed E-state index contributed by atoms with van der Waals surface area (Å²) in [5.41, 5.74) is 0.701. The Hall–Kier alpha value is -1.40. The number of rotatable bonds is 4. The van der Waals surface area contributed by atoms with Gasteiger partial charge in [-0.1, -0.05) is 6.92 Å². The Kier molecular flexibility index (Phi) is 3.40. The van der Waals surface area contributed by atoms with E-state index in [1.807, 2.05) is 6.92 Å². The fraction of sp³-hybridized carbons (Fsp3) is 0.462. The standard InChI is InChI=1S/C13H18N2O3S/c1-4-7-14-19(17,18)9-5-6-11-10(8-9)13(2,3)12(16)15-11/h5-6,8,14H,4,7H2,1-3H3,(H,15,16). The van der Waals surface area contributed by atoms with Crippen LogP contribution < -0.4 is 10.0 Å². The van der Waals surface area contributed by atoms with E-state index in [2.05, 4.69) is 10.0 Å². The van der Waals surface area contributed by atoms with E-state index in [-0.39, 0.29) is 10.8 Å². The highest BCUT2D eigenvalue weighted by atomic mass is 32.2. The van der Waals surface area contributed by atoms with Crippen LogP contribution in [0.3, 0.4) is 0 Å². The molecule has 0 fully saturated rings. The van der Waals surface area contributed by atoms with Gasteiger partial charge >= 0.3 is 0 Å². The molecule has 0 saturated carbocycles. The molecule has 0 aromatic heterocycles. The first kappa shape index (κ1) is 14.0. The van der Waals surface area contributed by atoms with E-state index < -0.39 is 15.4 Å². The van der Waals surface area contributed by atoms with Gasteiger partial charge in [-0.3, -0.25) is 4.79 Å². The lowest BCUT2D eigenvalue weighted by Crippen LogP contribution is -2.27. The first-order valence-corrected chi connectivity index (χ1v) is 7.73. The van der Waals surface area contributed by atoms with Crippen molar-refractivity contribution in [1.29, 1.82) is 0 Å². The Balaban J connectivity index is 2.44. The summed E-state index contributed by atoms with van der Waals surface area (Å²) in [4.78, 5) is 12.0. The minimum Gasteiger partial charge on any atom is -0.325 e. The van der Waals surface area contributed by atoms with Crippen molar-refractivity contribution in [3.63, 3.8) is 0 Å². The van der Waals surface area contributed by atoms with E-state index in [9.17, 15) is 13.2 Å². The average molecular weight is 282 g/mol. The summed E-state index contributed by atoms with van der Waals surface area (Å²) in [5.74, 6) is -0.112.